The van der Waals surface area contributed by atoms with Crippen molar-refractivity contribution >= 4 is 58.2 Å². The average Bonchev–Trinajstić information content (AvgIpc) is 2.80. The molecule has 1 atom stereocenters. The third-order valence-corrected chi connectivity index (χ3v) is 6.97. The van der Waals surface area contributed by atoms with Crippen LogP contribution in [0.1, 0.15) is 37.5 Å². The van der Waals surface area contributed by atoms with Crippen LogP contribution in [0.25, 0.3) is 0 Å². The highest BCUT2D eigenvalue weighted by molar-refractivity contribution is 6.36. The highest BCUT2D eigenvalue weighted by atomic mass is 35.5. The molecule has 1 unspecified atom stereocenters. The van der Waals surface area contributed by atoms with Gasteiger partial charge in [0.2, 0.25) is 11.8 Å². The molecular formula is C28H28Cl4N2O2. The van der Waals surface area contributed by atoms with Crippen molar-refractivity contribution in [3.63, 3.8) is 0 Å². The van der Waals surface area contributed by atoms with Crippen molar-refractivity contribution in [1.82, 2.24) is 10.2 Å². The van der Waals surface area contributed by atoms with Gasteiger partial charge >= 0.3 is 0 Å². The Morgan fingerprint density at radius 1 is 0.778 bits per heavy atom. The molecule has 3 rings (SSSR count). The Hall–Kier alpha value is -2.24. The number of hydrogen-bond donors (Lipinski definition) is 1. The topological polar surface area (TPSA) is 49.4 Å². The maximum Gasteiger partial charge on any atom is 0.243 e. The summed E-state index contributed by atoms with van der Waals surface area (Å²) in [5, 5.41) is 4.60. The first kappa shape index (κ1) is 28.3. The number of hydrogen-bond acceptors (Lipinski definition) is 2. The smallest absolute Gasteiger partial charge is 0.243 e. The van der Waals surface area contributed by atoms with Crippen molar-refractivity contribution in [2.75, 3.05) is 0 Å². The van der Waals surface area contributed by atoms with Crippen LogP contribution < -0.4 is 5.32 Å². The molecule has 8 heteroatoms. The monoisotopic (exact) mass is 564 g/mol. The van der Waals surface area contributed by atoms with E-state index in [1.54, 1.807) is 36.4 Å². The molecule has 0 bridgehead atoms. The molecular weight excluding hydrogens is 538 g/mol. The van der Waals surface area contributed by atoms with Crippen molar-refractivity contribution in [1.29, 1.82) is 0 Å². The van der Waals surface area contributed by atoms with E-state index >= 15 is 0 Å². The summed E-state index contributed by atoms with van der Waals surface area (Å²) in [7, 11) is 0. The van der Waals surface area contributed by atoms with Crippen LogP contribution in [-0.4, -0.2) is 28.3 Å². The minimum absolute atomic E-state index is 0.0362. The standard InChI is InChI=1S/C28H28Cl4N2O2/c1-28(2,3)33-27(36)25(15-18-9-5-4-6-10-18)34(17-20-23(31)13-8-14-24(20)32)26(35)16-19-21(29)11-7-12-22(19)30/h4-14,25H,15-17H2,1-3H3,(H,33,36). The van der Waals surface area contributed by atoms with Crippen LogP contribution in [0, 0.1) is 0 Å². The summed E-state index contributed by atoms with van der Waals surface area (Å²) in [6.07, 6.45) is 0.210. The lowest BCUT2D eigenvalue weighted by atomic mass is 9.99. The molecule has 4 nitrogen and oxygen atoms in total. The lowest BCUT2D eigenvalue weighted by molar-refractivity contribution is -0.141. The van der Waals surface area contributed by atoms with Gasteiger partial charge in [-0.2, -0.15) is 0 Å². The lowest BCUT2D eigenvalue weighted by Crippen LogP contribution is -2.54. The number of benzene rings is 3. The van der Waals surface area contributed by atoms with Crippen molar-refractivity contribution < 1.29 is 9.59 Å². The molecule has 0 saturated heterocycles. The van der Waals surface area contributed by atoms with Crippen molar-refractivity contribution in [2.24, 2.45) is 0 Å². The highest BCUT2D eigenvalue weighted by Crippen LogP contribution is 2.29. The summed E-state index contributed by atoms with van der Waals surface area (Å²) < 4.78 is 0. The van der Waals surface area contributed by atoms with Crippen LogP contribution >= 0.6 is 46.4 Å². The zero-order chi connectivity index (χ0) is 26.5. The van der Waals surface area contributed by atoms with Crippen molar-refractivity contribution in [2.45, 2.75) is 51.7 Å². The molecule has 0 aromatic heterocycles. The summed E-state index contributed by atoms with van der Waals surface area (Å²) in [5.41, 5.74) is 1.46. The van der Waals surface area contributed by atoms with Crippen LogP contribution in [-0.2, 0) is 29.0 Å². The fourth-order valence-electron chi connectivity index (χ4n) is 3.81. The van der Waals surface area contributed by atoms with Crippen LogP contribution in [0.5, 0.6) is 0 Å². The quantitative estimate of drug-likeness (QED) is 0.309. The minimum atomic E-state index is -0.840. The van der Waals surface area contributed by atoms with Crippen LogP contribution in [0.3, 0.4) is 0 Å². The number of halogens is 4. The van der Waals surface area contributed by atoms with Gasteiger partial charge in [-0.25, -0.2) is 0 Å². The molecule has 3 aromatic rings. The van der Waals surface area contributed by atoms with Crippen LogP contribution in [0.15, 0.2) is 66.7 Å². The van der Waals surface area contributed by atoms with Gasteiger partial charge in [0.1, 0.15) is 6.04 Å². The van der Waals surface area contributed by atoms with Gasteiger partial charge in [-0.1, -0.05) is 88.9 Å². The fourth-order valence-corrected chi connectivity index (χ4v) is 4.86. The summed E-state index contributed by atoms with van der Waals surface area (Å²) in [6.45, 7) is 5.72. The molecule has 0 aliphatic heterocycles. The predicted molar refractivity (Wildman–Crippen MR) is 149 cm³/mol. The van der Waals surface area contributed by atoms with Gasteiger partial charge in [0.15, 0.2) is 0 Å². The van der Waals surface area contributed by atoms with Gasteiger partial charge in [0, 0.05) is 44.2 Å². The first-order valence-electron chi connectivity index (χ1n) is 11.5. The normalized spacial score (nSPS) is 12.2. The minimum Gasteiger partial charge on any atom is -0.350 e. The lowest BCUT2D eigenvalue weighted by Gasteiger charge is -2.34. The maximum absolute atomic E-state index is 13.9. The third kappa shape index (κ3) is 7.63. The number of amides is 2. The Morgan fingerprint density at radius 2 is 1.28 bits per heavy atom. The Balaban J connectivity index is 2.08. The van der Waals surface area contributed by atoms with E-state index in [9.17, 15) is 9.59 Å². The molecule has 0 saturated carbocycles. The van der Waals surface area contributed by atoms with E-state index in [-0.39, 0.29) is 24.8 Å². The molecule has 0 aliphatic rings. The summed E-state index contributed by atoms with van der Waals surface area (Å²) in [5.74, 6) is -0.612. The number of carbonyl (C=O) groups excluding carboxylic acids is 2. The largest absolute Gasteiger partial charge is 0.350 e. The number of nitrogens with one attached hydrogen (secondary N) is 1. The van der Waals surface area contributed by atoms with E-state index in [0.29, 0.717) is 37.6 Å². The second-order valence-electron chi connectivity index (χ2n) is 9.54. The predicted octanol–water partition coefficient (Wildman–Crippen LogP) is 7.40. The van der Waals surface area contributed by atoms with E-state index in [0.717, 1.165) is 5.56 Å². The van der Waals surface area contributed by atoms with E-state index in [4.69, 9.17) is 46.4 Å². The summed E-state index contributed by atoms with van der Waals surface area (Å²) in [4.78, 5) is 29.0. The van der Waals surface area contributed by atoms with E-state index in [1.165, 1.54) is 4.90 Å². The zero-order valence-corrected chi connectivity index (χ0v) is 23.3. The first-order chi connectivity index (χ1) is 17.0. The third-order valence-electron chi connectivity index (χ3n) is 5.55. The molecule has 3 aromatic carbocycles. The highest BCUT2D eigenvalue weighted by Gasteiger charge is 2.33. The van der Waals surface area contributed by atoms with Crippen LogP contribution in [0.2, 0.25) is 20.1 Å². The molecule has 1 N–H and O–H groups in total. The van der Waals surface area contributed by atoms with E-state index < -0.39 is 11.6 Å². The van der Waals surface area contributed by atoms with E-state index in [1.807, 2.05) is 51.1 Å². The van der Waals surface area contributed by atoms with Gasteiger partial charge in [-0.15, -0.1) is 0 Å². The molecule has 0 aliphatic carbocycles. The summed E-state index contributed by atoms with van der Waals surface area (Å²) in [6, 6.07) is 18.9. The van der Waals surface area contributed by atoms with E-state index in [2.05, 4.69) is 5.32 Å². The van der Waals surface area contributed by atoms with Gasteiger partial charge in [0.05, 0.1) is 6.42 Å². The zero-order valence-electron chi connectivity index (χ0n) is 20.3. The first-order valence-corrected chi connectivity index (χ1v) is 13.0. The van der Waals surface area contributed by atoms with Gasteiger partial charge < -0.3 is 10.2 Å². The number of rotatable bonds is 8. The second-order valence-corrected chi connectivity index (χ2v) is 11.2. The molecule has 0 radical (unpaired) electrons. The SMILES string of the molecule is CC(C)(C)NC(=O)C(Cc1ccccc1)N(Cc1c(Cl)cccc1Cl)C(=O)Cc1c(Cl)cccc1Cl. The Kier molecular flexibility index (Phi) is 9.71. The molecule has 2 amide bonds. The van der Waals surface area contributed by atoms with Crippen molar-refractivity contribution in [3.05, 3.63) is 104 Å². The Morgan fingerprint density at radius 3 is 1.78 bits per heavy atom. The molecule has 0 spiro atoms. The molecule has 190 valence electrons. The maximum atomic E-state index is 13.9. The molecule has 0 heterocycles. The Bertz CT molecular complexity index is 1190. The number of carbonyl (C=O) groups is 2. The number of nitrogens with zero attached hydrogens (tertiary/aromatic N) is 1. The van der Waals surface area contributed by atoms with Crippen LogP contribution in [0.4, 0.5) is 0 Å². The Labute approximate surface area is 232 Å². The molecule has 0 fully saturated rings. The fraction of sp³-hybridized carbons (Fsp3) is 0.286. The molecule has 36 heavy (non-hydrogen) atoms. The van der Waals surface area contributed by atoms with Gasteiger partial charge in [0.25, 0.3) is 0 Å². The van der Waals surface area contributed by atoms with Crippen molar-refractivity contribution in [3.8, 4) is 0 Å². The summed E-state index contributed by atoms with van der Waals surface area (Å²) >= 11 is 25.7. The van der Waals surface area contributed by atoms with Gasteiger partial charge in [-0.3, -0.25) is 9.59 Å². The second kappa shape index (κ2) is 12.3. The van der Waals surface area contributed by atoms with Gasteiger partial charge in [-0.05, 0) is 56.2 Å². The average molecular weight is 566 g/mol.